The molecule has 76 heavy (non-hydrogen) atoms. The van der Waals surface area contributed by atoms with Crippen LogP contribution in [0.5, 0.6) is 0 Å². The first-order chi connectivity index (χ1) is 35.4. The lowest BCUT2D eigenvalue weighted by Gasteiger charge is -2.30. The predicted molar refractivity (Wildman–Crippen MR) is 279 cm³/mol. The standard InChI is InChI=1S/C45H79N13O16S2/c1-8-21(4)34(43(72)58-36(23(6)60)45(74)55-29(18-75)37(48)66)56-39(68)25(11-9-10-14-46)52-41(70)28(16-31(47)62)51-32(63)17-49-38(67)26(12-13-33(64)65)53-40(69)27(15-20(2)3)54-44(73)35(22(5)59)57-42(71)30(19-76)50-24(7)61/h20-23,25-30,34-36,59-60,75-76H,8-19,46H2,1-7H3,(H2,47,62)(H2,48,66)(H,49,67)(H,50,61)(H,51,63)(H,52,70)(H,53,69)(H,54,73)(H,55,74)(H,56,68)(H,57,71)(H,58,72)(H,64,65)/t21-,22+,23+,25-,26-,27-,28-,29-,30-,34-,35-,36-/m0/s1. The molecule has 0 aromatic carbocycles. The first-order valence-electron chi connectivity index (χ1n) is 24.5. The highest BCUT2D eigenvalue weighted by Crippen LogP contribution is 2.13. The molecular weight excluding hydrogens is 1040 g/mol. The Morgan fingerprint density at radius 2 is 0.974 bits per heavy atom. The van der Waals surface area contributed by atoms with E-state index in [2.05, 4.69) is 78.4 Å². The number of hydrogen-bond acceptors (Lipinski definition) is 18. The lowest BCUT2D eigenvalue weighted by atomic mass is 9.96. The number of amides is 12. The van der Waals surface area contributed by atoms with Gasteiger partial charge in [-0.1, -0.05) is 34.1 Å². The summed E-state index contributed by atoms with van der Waals surface area (Å²) in [4.78, 5) is 168. The van der Waals surface area contributed by atoms with E-state index in [4.69, 9.17) is 17.2 Å². The van der Waals surface area contributed by atoms with E-state index in [-0.39, 0.29) is 43.2 Å². The second-order valence-electron chi connectivity index (χ2n) is 18.4. The molecule has 432 valence electrons. The fourth-order valence-electron chi connectivity index (χ4n) is 6.92. The van der Waals surface area contributed by atoms with Crippen LogP contribution in [-0.4, -0.2) is 183 Å². The molecule has 0 aliphatic carbocycles. The normalized spacial score (nSPS) is 15.8. The number of nitrogens with two attached hydrogens (primary N) is 3. The number of carbonyl (C=O) groups is 13. The molecule has 0 radical (unpaired) electrons. The minimum atomic E-state index is -1.78. The molecule has 0 aromatic heterocycles. The van der Waals surface area contributed by atoms with Crippen LogP contribution < -0.4 is 70.4 Å². The van der Waals surface area contributed by atoms with Gasteiger partial charge < -0.3 is 85.7 Å². The summed E-state index contributed by atoms with van der Waals surface area (Å²) >= 11 is 8.00. The molecule has 0 aromatic rings. The molecule has 0 bridgehead atoms. The summed E-state index contributed by atoms with van der Waals surface area (Å²) in [7, 11) is 0. The third-order valence-corrected chi connectivity index (χ3v) is 12.0. The van der Waals surface area contributed by atoms with Crippen LogP contribution in [0.3, 0.4) is 0 Å². The molecule has 12 atom stereocenters. The van der Waals surface area contributed by atoms with E-state index >= 15 is 0 Å². The number of carboxylic acid groups (broad SMARTS) is 1. The molecule has 31 heteroatoms. The second kappa shape index (κ2) is 35.9. The van der Waals surface area contributed by atoms with E-state index in [0.29, 0.717) is 12.8 Å². The maximum Gasteiger partial charge on any atom is 0.303 e. The Bertz CT molecular complexity index is 2030. The molecule has 0 spiro atoms. The van der Waals surface area contributed by atoms with Gasteiger partial charge in [0.1, 0.15) is 54.4 Å². The number of aliphatic hydroxyl groups excluding tert-OH is 2. The van der Waals surface area contributed by atoms with Crippen molar-refractivity contribution in [1.29, 1.82) is 0 Å². The monoisotopic (exact) mass is 1120 g/mol. The van der Waals surface area contributed by atoms with E-state index in [0.717, 1.165) is 6.92 Å². The van der Waals surface area contributed by atoms with Gasteiger partial charge in [0.15, 0.2) is 0 Å². The molecule has 19 N–H and O–H groups in total. The van der Waals surface area contributed by atoms with E-state index in [1.165, 1.54) is 13.8 Å². The minimum Gasteiger partial charge on any atom is -0.481 e. The summed E-state index contributed by atoms with van der Waals surface area (Å²) in [6.45, 7) is 9.41. The summed E-state index contributed by atoms with van der Waals surface area (Å²) < 4.78 is 0. The van der Waals surface area contributed by atoms with Gasteiger partial charge in [0.2, 0.25) is 70.9 Å². The molecular formula is C45H79N13O16S2. The van der Waals surface area contributed by atoms with Crippen molar-refractivity contribution in [1.82, 2.24) is 53.2 Å². The van der Waals surface area contributed by atoms with E-state index in [1.807, 2.05) is 0 Å². The largest absolute Gasteiger partial charge is 0.481 e. The zero-order valence-electron chi connectivity index (χ0n) is 43.8. The van der Waals surface area contributed by atoms with Crippen molar-refractivity contribution in [2.75, 3.05) is 24.6 Å². The molecule has 0 saturated carbocycles. The number of rotatable bonds is 37. The molecule has 29 nitrogen and oxygen atoms in total. The number of thiol groups is 2. The number of hydrogen-bond donors (Lipinski definition) is 18. The number of nitrogens with one attached hydrogen (secondary N) is 10. The number of primary amides is 2. The Morgan fingerprint density at radius 1 is 0.526 bits per heavy atom. The lowest BCUT2D eigenvalue weighted by Crippen LogP contribution is -2.62. The fourth-order valence-corrected chi connectivity index (χ4v) is 7.45. The molecule has 0 fully saturated rings. The average Bonchev–Trinajstić information content (AvgIpc) is 3.33. The van der Waals surface area contributed by atoms with Crippen LogP contribution >= 0.6 is 25.3 Å². The quantitative estimate of drug-likeness (QED) is 0.0203. The first kappa shape index (κ1) is 69.7. The van der Waals surface area contributed by atoms with Crippen molar-refractivity contribution in [2.45, 2.75) is 166 Å². The summed E-state index contributed by atoms with van der Waals surface area (Å²) in [5, 5.41) is 53.7. The zero-order valence-corrected chi connectivity index (χ0v) is 45.6. The highest BCUT2D eigenvalue weighted by atomic mass is 32.1. The van der Waals surface area contributed by atoms with Crippen molar-refractivity contribution in [2.24, 2.45) is 29.0 Å². The van der Waals surface area contributed by atoms with E-state index < -0.39 is 175 Å². The van der Waals surface area contributed by atoms with Crippen molar-refractivity contribution < 1.29 is 77.6 Å². The highest BCUT2D eigenvalue weighted by Gasteiger charge is 2.37. The van der Waals surface area contributed by atoms with Crippen LogP contribution in [0.1, 0.15) is 99.8 Å². The van der Waals surface area contributed by atoms with Gasteiger partial charge in [-0.3, -0.25) is 62.3 Å². The van der Waals surface area contributed by atoms with E-state index in [1.54, 1.807) is 27.7 Å². The van der Waals surface area contributed by atoms with Crippen LogP contribution in [0.25, 0.3) is 0 Å². The van der Waals surface area contributed by atoms with Crippen LogP contribution in [0.4, 0.5) is 0 Å². The van der Waals surface area contributed by atoms with Gasteiger partial charge >= 0.3 is 5.97 Å². The number of aliphatic carboxylic acids is 1. The first-order valence-corrected chi connectivity index (χ1v) is 25.7. The van der Waals surface area contributed by atoms with Crippen LogP contribution in [0, 0.1) is 11.8 Å². The number of unbranched alkanes of at least 4 members (excludes halogenated alkanes) is 1. The number of aliphatic hydroxyl groups is 2. The van der Waals surface area contributed by atoms with Crippen LogP contribution in [0.15, 0.2) is 0 Å². The van der Waals surface area contributed by atoms with Gasteiger partial charge in [0.05, 0.1) is 25.2 Å². The van der Waals surface area contributed by atoms with Gasteiger partial charge in [-0.25, -0.2) is 0 Å². The van der Waals surface area contributed by atoms with Crippen molar-refractivity contribution in [3.63, 3.8) is 0 Å². The molecule has 0 aliphatic heterocycles. The van der Waals surface area contributed by atoms with Crippen LogP contribution in [0.2, 0.25) is 0 Å². The highest BCUT2D eigenvalue weighted by molar-refractivity contribution is 7.80. The molecule has 0 heterocycles. The molecule has 0 aliphatic rings. The maximum atomic E-state index is 13.9. The van der Waals surface area contributed by atoms with Gasteiger partial charge in [0, 0.05) is 24.9 Å². The average molecular weight is 1120 g/mol. The Kier molecular flexibility index (Phi) is 32.9. The van der Waals surface area contributed by atoms with Gasteiger partial charge in [-0.05, 0) is 64.3 Å². The molecule has 0 rings (SSSR count). The Morgan fingerprint density at radius 3 is 1.42 bits per heavy atom. The summed E-state index contributed by atoms with van der Waals surface area (Å²) in [5.41, 5.74) is 16.3. The fraction of sp³-hybridized carbons (Fsp3) is 0.711. The van der Waals surface area contributed by atoms with Crippen LogP contribution in [-0.2, 0) is 62.3 Å². The third kappa shape index (κ3) is 26.4. The smallest absolute Gasteiger partial charge is 0.303 e. The summed E-state index contributed by atoms with van der Waals surface area (Å²) in [5.74, 6) is -14.4. The van der Waals surface area contributed by atoms with Crippen molar-refractivity contribution in [3.8, 4) is 0 Å². The number of carbonyl (C=O) groups excluding carboxylic acids is 12. The van der Waals surface area contributed by atoms with Crippen molar-refractivity contribution >= 4 is 102 Å². The molecule has 0 unspecified atom stereocenters. The van der Waals surface area contributed by atoms with Gasteiger partial charge in [0.25, 0.3) is 0 Å². The maximum absolute atomic E-state index is 13.9. The topological polar surface area (TPSA) is 481 Å². The van der Waals surface area contributed by atoms with Crippen molar-refractivity contribution in [3.05, 3.63) is 0 Å². The predicted octanol–water partition coefficient (Wildman–Crippen LogP) is -6.45. The Hall–Kier alpha value is -6.31. The minimum absolute atomic E-state index is 0.0751. The van der Waals surface area contributed by atoms with Gasteiger partial charge in [-0.2, -0.15) is 25.3 Å². The number of carboxylic acids is 1. The summed E-state index contributed by atoms with van der Waals surface area (Å²) in [6.07, 6.45) is -4.36. The Labute approximate surface area is 451 Å². The lowest BCUT2D eigenvalue weighted by molar-refractivity contribution is -0.138. The second-order valence-corrected chi connectivity index (χ2v) is 19.2. The SMILES string of the molecule is CC[C@H](C)[C@H](NC(=O)[C@H](CCCCN)NC(=O)[C@H](CC(N)=O)NC(=O)CNC(=O)[C@H](CCC(=O)O)NC(=O)[C@H](CC(C)C)NC(=O)[C@@H](NC(=O)[C@H](CS)NC(C)=O)[C@@H](C)O)C(=O)N[C@H](C(=O)N[C@@H](CS)C(N)=O)[C@@H](C)O. The zero-order chi connectivity index (χ0) is 58.6. The molecule has 0 saturated heterocycles. The molecule has 12 amide bonds. The summed E-state index contributed by atoms with van der Waals surface area (Å²) in [6, 6.07) is -13.5. The third-order valence-electron chi connectivity index (χ3n) is 11.3. The van der Waals surface area contributed by atoms with Gasteiger partial charge in [-0.15, -0.1) is 0 Å². The Balaban J connectivity index is 6.45. The van der Waals surface area contributed by atoms with E-state index in [9.17, 15) is 77.6 Å².